The normalized spacial score (nSPS) is 16.2. The summed E-state index contributed by atoms with van der Waals surface area (Å²) in [6, 6.07) is 13.3. The highest BCUT2D eigenvalue weighted by Gasteiger charge is 2.31. The largest absolute Gasteiger partial charge is 0.497 e. The van der Waals surface area contributed by atoms with Gasteiger partial charge in [-0.25, -0.2) is 0 Å². The van der Waals surface area contributed by atoms with Gasteiger partial charge in [0.1, 0.15) is 16.7 Å². The summed E-state index contributed by atoms with van der Waals surface area (Å²) < 4.78 is 11.1. The van der Waals surface area contributed by atoms with Crippen LogP contribution in [-0.4, -0.2) is 25.5 Å². The van der Waals surface area contributed by atoms with Crippen LogP contribution in [0.5, 0.6) is 11.5 Å². The van der Waals surface area contributed by atoms with Crippen molar-refractivity contribution in [3.05, 3.63) is 48.0 Å². The van der Waals surface area contributed by atoms with Crippen LogP contribution < -0.4 is 14.8 Å². The summed E-state index contributed by atoms with van der Waals surface area (Å²) in [6.07, 6.45) is 0.750. The van der Waals surface area contributed by atoms with Crippen molar-refractivity contribution in [1.29, 1.82) is 0 Å². The molecule has 1 N–H and O–H groups in total. The molecule has 126 valence electrons. The zero-order valence-electron chi connectivity index (χ0n) is 13.3. The Balaban J connectivity index is 1.93. The summed E-state index contributed by atoms with van der Waals surface area (Å²) in [5, 5.41) is 2.58. The second-order valence-corrected chi connectivity index (χ2v) is 6.80. The van der Waals surface area contributed by atoms with Crippen molar-refractivity contribution in [2.45, 2.75) is 16.6 Å². The number of fused-ring (bicyclic) bond motifs is 1. The lowest BCUT2D eigenvalue weighted by atomic mass is 10.1. The molecule has 1 amide bonds. The van der Waals surface area contributed by atoms with Crippen molar-refractivity contribution in [2.75, 3.05) is 24.9 Å². The van der Waals surface area contributed by atoms with Gasteiger partial charge in [0.25, 0.3) is 0 Å². The number of anilines is 1. The Morgan fingerprint density at radius 3 is 2.88 bits per heavy atom. The molecule has 1 heterocycles. The van der Waals surface area contributed by atoms with Gasteiger partial charge in [-0.3, -0.25) is 4.79 Å². The number of thioether (sulfide) groups is 1. The third-order valence-corrected chi connectivity index (χ3v) is 5.24. The molecular formula is C18H18ClNO3S. The third-order valence-electron chi connectivity index (χ3n) is 3.66. The van der Waals surface area contributed by atoms with Crippen LogP contribution in [0.1, 0.15) is 17.2 Å². The number of methoxy groups -OCH3 is 1. The number of para-hydroxylation sites is 1. The number of benzene rings is 2. The quantitative estimate of drug-likeness (QED) is 0.606. The molecule has 1 aliphatic rings. The summed E-state index contributed by atoms with van der Waals surface area (Å²) >= 11 is 7.23. The number of carbonyl (C=O) groups excluding carboxylic acids is 1. The molecule has 4 nitrogen and oxygen atoms in total. The fourth-order valence-electron chi connectivity index (χ4n) is 2.48. The number of rotatable bonds is 6. The number of hydrogen-bond donors (Lipinski definition) is 1. The lowest BCUT2D eigenvalue weighted by Gasteiger charge is -2.26. The standard InChI is InChI=1S/C18H18ClNO3S/c1-22-12-7-8-15(23-10-4-9-19)13(11-12)17-18(21)20-14-5-2-3-6-16(14)24-17/h2-3,5-8,11,17H,4,9-10H2,1H3,(H,20,21). The van der Waals surface area contributed by atoms with Crippen LogP contribution in [0.25, 0.3) is 0 Å². The lowest BCUT2D eigenvalue weighted by molar-refractivity contribution is -0.115. The summed E-state index contributed by atoms with van der Waals surface area (Å²) in [4.78, 5) is 13.6. The first kappa shape index (κ1) is 17.0. The summed E-state index contributed by atoms with van der Waals surface area (Å²) in [6.45, 7) is 0.512. The monoisotopic (exact) mass is 363 g/mol. The van der Waals surface area contributed by atoms with Gasteiger partial charge >= 0.3 is 0 Å². The van der Waals surface area contributed by atoms with E-state index in [1.165, 1.54) is 11.8 Å². The molecule has 1 atom stereocenters. The second kappa shape index (κ2) is 7.81. The molecule has 0 bridgehead atoms. The summed E-state index contributed by atoms with van der Waals surface area (Å²) in [5.41, 5.74) is 1.65. The Bertz CT molecular complexity index is 738. The van der Waals surface area contributed by atoms with Crippen LogP contribution in [0.3, 0.4) is 0 Å². The lowest BCUT2D eigenvalue weighted by Crippen LogP contribution is -2.23. The van der Waals surface area contributed by atoms with Gasteiger partial charge in [-0.1, -0.05) is 12.1 Å². The third kappa shape index (κ3) is 3.62. The molecule has 2 aromatic rings. The van der Waals surface area contributed by atoms with E-state index in [9.17, 15) is 4.79 Å². The second-order valence-electron chi connectivity index (χ2n) is 5.28. The maximum absolute atomic E-state index is 12.6. The van der Waals surface area contributed by atoms with Gasteiger partial charge in [-0.05, 0) is 36.8 Å². The van der Waals surface area contributed by atoms with Crippen LogP contribution >= 0.6 is 23.4 Å². The van der Waals surface area contributed by atoms with Crippen LogP contribution in [-0.2, 0) is 4.79 Å². The highest BCUT2D eigenvalue weighted by Crippen LogP contribution is 2.46. The average Bonchev–Trinajstić information content (AvgIpc) is 2.61. The zero-order chi connectivity index (χ0) is 16.9. The molecule has 0 fully saturated rings. The van der Waals surface area contributed by atoms with Crippen molar-refractivity contribution in [1.82, 2.24) is 0 Å². The molecular weight excluding hydrogens is 346 g/mol. The van der Waals surface area contributed by atoms with Crippen molar-refractivity contribution >= 4 is 35.0 Å². The molecule has 1 aliphatic heterocycles. The van der Waals surface area contributed by atoms with Gasteiger partial charge in [-0.15, -0.1) is 23.4 Å². The van der Waals surface area contributed by atoms with Crippen molar-refractivity contribution in [3.8, 4) is 11.5 Å². The van der Waals surface area contributed by atoms with E-state index in [1.54, 1.807) is 7.11 Å². The highest BCUT2D eigenvalue weighted by molar-refractivity contribution is 8.00. The molecule has 0 saturated heterocycles. The number of alkyl halides is 1. The van der Waals surface area contributed by atoms with Crippen LogP contribution in [0.4, 0.5) is 5.69 Å². The number of amides is 1. The minimum absolute atomic E-state index is 0.0610. The first-order chi connectivity index (χ1) is 11.7. The maximum Gasteiger partial charge on any atom is 0.242 e. The van der Waals surface area contributed by atoms with E-state index >= 15 is 0 Å². The molecule has 1 unspecified atom stereocenters. The fourth-order valence-corrected chi connectivity index (χ4v) is 3.73. The average molecular weight is 364 g/mol. The minimum Gasteiger partial charge on any atom is -0.497 e. The van der Waals surface area contributed by atoms with Gasteiger partial charge in [0, 0.05) is 16.3 Å². The van der Waals surface area contributed by atoms with Gasteiger partial charge in [0.05, 0.1) is 19.4 Å². The van der Waals surface area contributed by atoms with Gasteiger partial charge in [0.2, 0.25) is 5.91 Å². The Morgan fingerprint density at radius 2 is 2.08 bits per heavy atom. The van der Waals surface area contributed by atoms with Crippen molar-refractivity contribution in [2.24, 2.45) is 0 Å². The molecule has 0 spiro atoms. The molecule has 2 aromatic carbocycles. The Labute approximate surface area is 150 Å². The SMILES string of the molecule is COc1ccc(OCCCCl)c(C2Sc3ccccc3NC2=O)c1. The summed E-state index contributed by atoms with van der Waals surface area (Å²) in [7, 11) is 1.61. The molecule has 0 aromatic heterocycles. The molecule has 0 saturated carbocycles. The molecule has 3 rings (SSSR count). The van der Waals surface area contributed by atoms with E-state index in [0.717, 1.165) is 22.6 Å². The van der Waals surface area contributed by atoms with Crippen LogP contribution in [0, 0.1) is 0 Å². The number of nitrogens with one attached hydrogen (secondary N) is 1. The predicted molar refractivity (Wildman–Crippen MR) is 97.5 cm³/mol. The smallest absolute Gasteiger partial charge is 0.242 e. The van der Waals surface area contributed by atoms with Gasteiger partial charge < -0.3 is 14.8 Å². The predicted octanol–water partition coefficient (Wildman–Crippen LogP) is 4.49. The number of hydrogen-bond acceptors (Lipinski definition) is 4. The topological polar surface area (TPSA) is 47.6 Å². The van der Waals surface area contributed by atoms with E-state index < -0.39 is 0 Å². The number of ether oxygens (including phenoxy) is 2. The zero-order valence-corrected chi connectivity index (χ0v) is 14.8. The fraction of sp³-hybridized carbons (Fsp3) is 0.278. The number of halogens is 1. The van der Waals surface area contributed by atoms with E-state index in [-0.39, 0.29) is 11.2 Å². The first-order valence-corrected chi connectivity index (χ1v) is 9.07. The minimum atomic E-state index is -0.388. The molecule has 0 radical (unpaired) electrons. The summed E-state index contributed by atoms with van der Waals surface area (Å²) in [5.74, 6) is 1.86. The highest BCUT2D eigenvalue weighted by atomic mass is 35.5. The number of carbonyl (C=O) groups is 1. The maximum atomic E-state index is 12.6. The molecule has 24 heavy (non-hydrogen) atoms. The van der Waals surface area contributed by atoms with Crippen molar-refractivity contribution < 1.29 is 14.3 Å². The van der Waals surface area contributed by atoms with Crippen molar-refractivity contribution in [3.63, 3.8) is 0 Å². The Morgan fingerprint density at radius 1 is 1.25 bits per heavy atom. The molecule has 0 aliphatic carbocycles. The Kier molecular flexibility index (Phi) is 5.53. The van der Waals surface area contributed by atoms with E-state index in [0.29, 0.717) is 24.0 Å². The van der Waals surface area contributed by atoms with Gasteiger partial charge in [0.15, 0.2) is 0 Å². The van der Waals surface area contributed by atoms with E-state index in [4.69, 9.17) is 21.1 Å². The van der Waals surface area contributed by atoms with E-state index in [2.05, 4.69) is 5.32 Å². The van der Waals surface area contributed by atoms with Gasteiger partial charge in [-0.2, -0.15) is 0 Å². The van der Waals surface area contributed by atoms with E-state index in [1.807, 2.05) is 42.5 Å². The van der Waals surface area contributed by atoms with Crippen LogP contribution in [0.15, 0.2) is 47.4 Å². The Hall–Kier alpha value is -1.85. The first-order valence-electron chi connectivity index (χ1n) is 7.66. The molecule has 6 heteroatoms. The van der Waals surface area contributed by atoms with Crippen LogP contribution in [0.2, 0.25) is 0 Å².